The third kappa shape index (κ3) is 5.86. The number of rotatable bonds is 9. The van der Waals surface area contributed by atoms with Gasteiger partial charge in [-0.1, -0.05) is 26.0 Å². The van der Waals surface area contributed by atoms with Crippen molar-refractivity contribution in [2.24, 2.45) is 5.10 Å². The Morgan fingerprint density at radius 1 is 1.00 bits per heavy atom. The summed E-state index contributed by atoms with van der Waals surface area (Å²) in [7, 11) is -4.17. The Morgan fingerprint density at radius 2 is 1.58 bits per heavy atom. The van der Waals surface area contributed by atoms with E-state index in [1.807, 2.05) is 12.1 Å². The summed E-state index contributed by atoms with van der Waals surface area (Å²) in [6.45, 7) is 6.44. The van der Waals surface area contributed by atoms with Crippen molar-refractivity contribution in [2.45, 2.75) is 31.6 Å². The zero-order chi connectivity index (χ0) is 19.0. The molecule has 0 heterocycles. The molecule has 0 unspecified atom stereocenters. The van der Waals surface area contributed by atoms with Crippen LogP contribution in [0.1, 0.15) is 32.3 Å². The Hall–Kier alpha value is -2.38. The Morgan fingerprint density at radius 3 is 2.08 bits per heavy atom. The van der Waals surface area contributed by atoms with Crippen LogP contribution < -0.4 is 10.3 Å². The van der Waals surface area contributed by atoms with Gasteiger partial charge in [0.1, 0.15) is 0 Å². The maximum Gasteiger partial charge on any atom is 0.294 e. The van der Waals surface area contributed by atoms with Crippen molar-refractivity contribution in [3.05, 3.63) is 54.1 Å². The van der Waals surface area contributed by atoms with Gasteiger partial charge in [0.05, 0.1) is 16.8 Å². The van der Waals surface area contributed by atoms with E-state index in [9.17, 15) is 8.42 Å². The summed E-state index contributed by atoms with van der Waals surface area (Å²) < 4.78 is 31.0. The van der Waals surface area contributed by atoms with Crippen molar-refractivity contribution in [1.82, 2.24) is 0 Å². The van der Waals surface area contributed by atoms with Crippen molar-refractivity contribution in [3.63, 3.8) is 0 Å². The second kappa shape index (κ2) is 9.35. The molecule has 2 aromatic carbocycles. The summed E-state index contributed by atoms with van der Waals surface area (Å²) in [6.07, 6.45) is 3.93. The molecule has 0 atom stereocenters. The lowest BCUT2D eigenvalue weighted by Crippen LogP contribution is -2.24. The molecule has 2 aromatic rings. The van der Waals surface area contributed by atoms with Crippen molar-refractivity contribution >= 4 is 27.7 Å². The van der Waals surface area contributed by atoms with Crippen LogP contribution in [0.3, 0.4) is 0 Å². The molecule has 0 saturated carbocycles. The summed E-state index contributed by atoms with van der Waals surface area (Å²) in [5.74, 6) is 0. The monoisotopic (exact) mass is 375 g/mol. The Bertz CT molecular complexity index is 810. The van der Waals surface area contributed by atoms with Crippen molar-refractivity contribution < 1.29 is 13.0 Å². The molecular weight excluding hydrogens is 350 g/mol. The van der Waals surface area contributed by atoms with E-state index in [2.05, 4.69) is 41.4 Å². The first kappa shape index (κ1) is 19.9. The van der Waals surface area contributed by atoms with E-state index in [1.54, 1.807) is 6.21 Å². The van der Waals surface area contributed by atoms with Crippen LogP contribution in [-0.4, -0.2) is 32.3 Å². The predicted molar refractivity (Wildman–Crippen MR) is 107 cm³/mol. The van der Waals surface area contributed by atoms with Gasteiger partial charge in [-0.2, -0.15) is 13.5 Å². The largest absolute Gasteiger partial charge is 0.372 e. The number of anilines is 2. The van der Waals surface area contributed by atoms with Crippen molar-refractivity contribution in [3.8, 4) is 0 Å². The van der Waals surface area contributed by atoms with Crippen LogP contribution in [0.2, 0.25) is 0 Å². The van der Waals surface area contributed by atoms with Gasteiger partial charge in [-0.15, -0.1) is 0 Å². The van der Waals surface area contributed by atoms with E-state index < -0.39 is 10.1 Å². The molecule has 0 amide bonds. The van der Waals surface area contributed by atoms with Crippen LogP contribution in [-0.2, 0) is 10.1 Å². The van der Waals surface area contributed by atoms with Crippen LogP contribution in [0.5, 0.6) is 0 Å². The number of nitrogens with zero attached hydrogens (tertiary/aromatic N) is 2. The SMILES string of the molecule is CCCN(CCC)c1ccc(/C=N/Nc2ccc(S(=O)(=O)O)cc2)cc1. The van der Waals surface area contributed by atoms with Gasteiger partial charge in [0.25, 0.3) is 10.1 Å². The van der Waals surface area contributed by atoms with Gasteiger partial charge in [0.15, 0.2) is 0 Å². The molecule has 26 heavy (non-hydrogen) atoms. The molecule has 0 aliphatic rings. The Kier molecular flexibility index (Phi) is 7.17. The lowest BCUT2D eigenvalue weighted by atomic mass is 10.2. The van der Waals surface area contributed by atoms with Gasteiger partial charge in [-0.05, 0) is 54.8 Å². The van der Waals surface area contributed by atoms with Gasteiger partial charge < -0.3 is 4.90 Å². The molecule has 6 nitrogen and oxygen atoms in total. The summed E-state index contributed by atoms with van der Waals surface area (Å²) in [5, 5.41) is 4.15. The second-order valence-electron chi connectivity index (χ2n) is 5.95. The third-order valence-electron chi connectivity index (χ3n) is 3.80. The molecule has 2 rings (SSSR count). The normalized spacial score (nSPS) is 11.7. The minimum Gasteiger partial charge on any atom is -0.372 e. The molecule has 140 valence electrons. The molecular formula is C19H25N3O3S. The molecule has 0 fully saturated rings. The fraction of sp³-hybridized carbons (Fsp3) is 0.316. The lowest BCUT2D eigenvalue weighted by Gasteiger charge is -2.23. The van der Waals surface area contributed by atoms with Crippen LogP contribution in [0.15, 0.2) is 58.5 Å². The Balaban J connectivity index is 1.98. The van der Waals surface area contributed by atoms with E-state index >= 15 is 0 Å². The van der Waals surface area contributed by atoms with Gasteiger partial charge in [-0.25, -0.2) is 0 Å². The van der Waals surface area contributed by atoms with Crippen LogP contribution in [0.4, 0.5) is 11.4 Å². The topological polar surface area (TPSA) is 82.0 Å². The highest BCUT2D eigenvalue weighted by atomic mass is 32.2. The maximum atomic E-state index is 11.0. The first-order valence-corrected chi connectivity index (χ1v) is 10.1. The number of hydrogen-bond acceptors (Lipinski definition) is 5. The van der Waals surface area contributed by atoms with E-state index in [0.29, 0.717) is 5.69 Å². The van der Waals surface area contributed by atoms with E-state index in [4.69, 9.17) is 4.55 Å². The summed E-state index contributed by atoms with van der Waals surface area (Å²) in [5.41, 5.74) is 5.63. The summed E-state index contributed by atoms with van der Waals surface area (Å²) in [6, 6.07) is 13.9. The maximum absolute atomic E-state index is 11.0. The molecule has 0 radical (unpaired) electrons. The fourth-order valence-corrected chi connectivity index (χ4v) is 3.04. The molecule has 7 heteroatoms. The zero-order valence-electron chi connectivity index (χ0n) is 15.1. The van der Waals surface area contributed by atoms with Gasteiger partial charge in [-0.3, -0.25) is 9.98 Å². The highest BCUT2D eigenvalue weighted by Gasteiger charge is 2.08. The van der Waals surface area contributed by atoms with E-state index in [1.165, 1.54) is 30.0 Å². The molecule has 2 N–H and O–H groups in total. The lowest BCUT2D eigenvalue weighted by molar-refractivity contribution is 0.483. The average molecular weight is 375 g/mol. The molecule has 0 aliphatic heterocycles. The highest BCUT2D eigenvalue weighted by molar-refractivity contribution is 7.85. The highest BCUT2D eigenvalue weighted by Crippen LogP contribution is 2.16. The Labute approximate surface area is 155 Å². The number of nitrogens with one attached hydrogen (secondary N) is 1. The first-order chi connectivity index (χ1) is 12.4. The average Bonchev–Trinajstić information content (AvgIpc) is 2.62. The van der Waals surface area contributed by atoms with Crippen molar-refractivity contribution in [1.29, 1.82) is 0 Å². The molecule has 0 aliphatic carbocycles. The molecule has 0 bridgehead atoms. The molecule has 0 spiro atoms. The fourth-order valence-electron chi connectivity index (χ4n) is 2.56. The smallest absolute Gasteiger partial charge is 0.294 e. The quantitative estimate of drug-likeness (QED) is 0.393. The van der Waals surface area contributed by atoms with Crippen LogP contribution >= 0.6 is 0 Å². The van der Waals surface area contributed by atoms with E-state index in [0.717, 1.165) is 31.5 Å². The predicted octanol–water partition coefficient (Wildman–Crippen LogP) is 4.01. The number of hydrogen-bond donors (Lipinski definition) is 2. The van der Waals surface area contributed by atoms with Gasteiger partial charge in [0, 0.05) is 18.8 Å². The first-order valence-electron chi connectivity index (χ1n) is 8.65. The summed E-state index contributed by atoms with van der Waals surface area (Å²) >= 11 is 0. The molecule has 0 aromatic heterocycles. The van der Waals surface area contributed by atoms with Crippen LogP contribution in [0.25, 0.3) is 0 Å². The zero-order valence-corrected chi connectivity index (χ0v) is 15.9. The second-order valence-corrected chi connectivity index (χ2v) is 7.37. The van der Waals surface area contributed by atoms with Gasteiger partial charge >= 0.3 is 0 Å². The number of benzene rings is 2. The minimum absolute atomic E-state index is 0.147. The standard InChI is InChI=1S/C19H25N3O3S/c1-3-13-22(14-4-2)18-9-5-16(6-10-18)15-20-21-17-7-11-19(12-8-17)26(23,24)25/h5-12,15,21H,3-4,13-14H2,1-2H3,(H,23,24,25)/b20-15+. The van der Waals surface area contributed by atoms with E-state index in [-0.39, 0.29) is 4.90 Å². The summed E-state index contributed by atoms with van der Waals surface area (Å²) in [4.78, 5) is 2.22. The molecule has 0 saturated heterocycles. The van der Waals surface area contributed by atoms with Gasteiger partial charge in [0.2, 0.25) is 0 Å². The number of hydrazone groups is 1. The third-order valence-corrected chi connectivity index (χ3v) is 4.67. The minimum atomic E-state index is -4.17. The van der Waals surface area contributed by atoms with Crippen LogP contribution in [0, 0.1) is 0 Å². The van der Waals surface area contributed by atoms with Crippen molar-refractivity contribution in [2.75, 3.05) is 23.4 Å².